The van der Waals surface area contributed by atoms with Gasteiger partial charge in [0.1, 0.15) is 5.75 Å². The van der Waals surface area contributed by atoms with Gasteiger partial charge in [-0.05, 0) is 43.9 Å². The van der Waals surface area contributed by atoms with Crippen LogP contribution in [0.3, 0.4) is 0 Å². The standard InChI is InChI=1S/C13H18O/c1-3-11(2)5-4-6-12-7-9-13(14)10-8-12/h5,7-10,14H,3-4,6H2,1-2H3. The first-order valence-corrected chi connectivity index (χ1v) is 5.16. The molecular weight excluding hydrogens is 172 g/mol. The molecule has 0 atom stereocenters. The lowest BCUT2D eigenvalue weighted by Gasteiger charge is -1.99. The maximum atomic E-state index is 9.10. The second kappa shape index (κ2) is 5.48. The van der Waals surface area contributed by atoms with Gasteiger partial charge >= 0.3 is 0 Å². The Hall–Kier alpha value is -1.24. The summed E-state index contributed by atoms with van der Waals surface area (Å²) in [5.74, 6) is 0.342. The van der Waals surface area contributed by atoms with Gasteiger partial charge in [0.05, 0.1) is 0 Å². The Bertz CT molecular complexity index is 296. The van der Waals surface area contributed by atoms with Crippen LogP contribution in [0.15, 0.2) is 35.9 Å². The molecule has 0 aliphatic rings. The van der Waals surface area contributed by atoms with Crippen molar-refractivity contribution in [2.75, 3.05) is 0 Å². The van der Waals surface area contributed by atoms with E-state index in [0.717, 1.165) is 19.3 Å². The van der Waals surface area contributed by atoms with E-state index in [9.17, 15) is 0 Å². The van der Waals surface area contributed by atoms with Crippen LogP contribution in [0.25, 0.3) is 0 Å². The summed E-state index contributed by atoms with van der Waals surface area (Å²) in [6.07, 6.45) is 5.56. The van der Waals surface area contributed by atoms with Crippen LogP contribution in [0.2, 0.25) is 0 Å². The molecule has 1 aromatic carbocycles. The first-order chi connectivity index (χ1) is 6.72. The van der Waals surface area contributed by atoms with E-state index in [1.165, 1.54) is 11.1 Å². The molecule has 0 aliphatic heterocycles. The van der Waals surface area contributed by atoms with Crippen LogP contribution in [0, 0.1) is 0 Å². The normalized spacial score (nSPS) is 11.7. The quantitative estimate of drug-likeness (QED) is 0.718. The molecule has 0 aliphatic carbocycles. The highest BCUT2D eigenvalue weighted by Gasteiger charge is 1.92. The molecular formula is C13H18O. The molecule has 0 amide bonds. The first-order valence-electron chi connectivity index (χ1n) is 5.16. The fourth-order valence-electron chi connectivity index (χ4n) is 1.29. The maximum Gasteiger partial charge on any atom is 0.115 e. The highest BCUT2D eigenvalue weighted by atomic mass is 16.3. The average Bonchev–Trinajstić information content (AvgIpc) is 2.21. The number of hydrogen-bond donors (Lipinski definition) is 1. The van der Waals surface area contributed by atoms with Crippen molar-refractivity contribution in [2.45, 2.75) is 33.1 Å². The predicted octanol–water partition coefficient (Wildman–Crippen LogP) is 3.68. The van der Waals surface area contributed by atoms with Crippen LogP contribution in [0.1, 0.15) is 32.3 Å². The van der Waals surface area contributed by atoms with Crippen LogP contribution < -0.4 is 0 Å². The Labute approximate surface area is 86.1 Å². The van der Waals surface area contributed by atoms with Crippen molar-refractivity contribution >= 4 is 0 Å². The summed E-state index contributed by atoms with van der Waals surface area (Å²) < 4.78 is 0. The fraction of sp³-hybridized carbons (Fsp3) is 0.385. The lowest BCUT2D eigenvalue weighted by molar-refractivity contribution is 0.475. The Balaban J connectivity index is 2.42. The van der Waals surface area contributed by atoms with Gasteiger partial charge < -0.3 is 5.11 Å². The zero-order valence-corrected chi connectivity index (χ0v) is 8.96. The van der Waals surface area contributed by atoms with Crippen LogP contribution in [0.5, 0.6) is 5.75 Å². The van der Waals surface area contributed by atoms with Gasteiger partial charge in [0.2, 0.25) is 0 Å². The van der Waals surface area contributed by atoms with E-state index in [-0.39, 0.29) is 0 Å². The zero-order valence-electron chi connectivity index (χ0n) is 8.96. The summed E-state index contributed by atoms with van der Waals surface area (Å²) in [5, 5.41) is 9.10. The zero-order chi connectivity index (χ0) is 10.4. The molecule has 1 N–H and O–H groups in total. The second-order valence-electron chi connectivity index (χ2n) is 3.61. The topological polar surface area (TPSA) is 20.2 Å². The Kier molecular flexibility index (Phi) is 4.24. The van der Waals surface area contributed by atoms with Gasteiger partial charge in [0.15, 0.2) is 0 Å². The van der Waals surface area contributed by atoms with Gasteiger partial charge in [0, 0.05) is 0 Å². The van der Waals surface area contributed by atoms with Crippen molar-refractivity contribution in [3.8, 4) is 5.75 Å². The highest BCUT2D eigenvalue weighted by Crippen LogP contribution is 2.12. The van der Waals surface area contributed by atoms with Crippen molar-refractivity contribution < 1.29 is 5.11 Å². The molecule has 1 nitrogen and oxygen atoms in total. The molecule has 0 unspecified atom stereocenters. The van der Waals surface area contributed by atoms with E-state index in [1.54, 1.807) is 12.1 Å². The third-order valence-corrected chi connectivity index (χ3v) is 2.42. The molecule has 1 heteroatoms. The first kappa shape index (κ1) is 10.8. The van der Waals surface area contributed by atoms with E-state index in [0.29, 0.717) is 5.75 Å². The summed E-state index contributed by atoms with van der Waals surface area (Å²) in [5.41, 5.74) is 2.73. The van der Waals surface area contributed by atoms with Crippen molar-refractivity contribution in [1.82, 2.24) is 0 Å². The molecule has 0 saturated heterocycles. The Morgan fingerprint density at radius 3 is 2.50 bits per heavy atom. The third kappa shape index (κ3) is 3.65. The summed E-state index contributed by atoms with van der Waals surface area (Å²) in [4.78, 5) is 0. The fourth-order valence-corrected chi connectivity index (χ4v) is 1.29. The van der Waals surface area contributed by atoms with Crippen LogP contribution in [-0.4, -0.2) is 5.11 Å². The van der Waals surface area contributed by atoms with E-state index in [1.807, 2.05) is 12.1 Å². The van der Waals surface area contributed by atoms with Crippen molar-refractivity contribution in [3.05, 3.63) is 41.5 Å². The number of rotatable bonds is 4. The monoisotopic (exact) mass is 190 g/mol. The number of benzene rings is 1. The SMILES string of the molecule is CCC(C)=CCCc1ccc(O)cc1. The molecule has 0 fully saturated rings. The minimum Gasteiger partial charge on any atom is -0.508 e. The summed E-state index contributed by atoms with van der Waals surface area (Å²) in [6, 6.07) is 7.44. The highest BCUT2D eigenvalue weighted by molar-refractivity contribution is 5.26. The van der Waals surface area contributed by atoms with Gasteiger partial charge in [-0.25, -0.2) is 0 Å². The van der Waals surface area contributed by atoms with E-state index in [2.05, 4.69) is 19.9 Å². The molecule has 0 spiro atoms. The van der Waals surface area contributed by atoms with Gasteiger partial charge in [-0.3, -0.25) is 0 Å². The summed E-state index contributed by atoms with van der Waals surface area (Å²) in [7, 11) is 0. The van der Waals surface area contributed by atoms with Crippen molar-refractivity contribution in [3.63, 3.8) is 0 Å². The molecule has 1 aromatic rings. The number of phenols is 1. The van der Waals surface area contributed by atoms with E-state index in [4.69, 9.17) is 5.11 Å². The predicted molar refractivity (Wildman–Crippen MR) is 60.5 cm³/mol. The van der Waals surface area contributed by atoms with Crippen molar-refractivity contribution in [2.24, 2.45) is 0 Å². The third-order valence-electron chi connectivity index (χ3n) is 2.42. The molecule has 0 saturated carbocycles. The summed E-state index contributed by atoms with van der Waals surface area (Å²) >= 11 is 0. The van der Waals surface area contributed by atoms with Gasteiger partial charge in [0.25, 0.3) is 0 Å². The molecule has 0 heterocycles. The van der Waals surface area contributed by atoms with Gasteiger partial charge in [-0.2, -0.15) is 0 Å². The number of aromatic hydroxyl groups is 1. The molecule has 76 valence electrons. The summed E-state index contributed by atoms with van der Waals surface area (Å²) in [6.45, 7) is 4.34. The second-order valence-corrected chi connectivity index (χ2v) is 3.61. The average molecular weight is 190 g/mol. The minimum atomic E-state index is 0.342. The van der Waals surface area contributed by atoms with E-state index < -0.39 is 0 Å². The molecule has 1 rings (SSSR count). The number of hydrogen-bond acceptors (Lipinski definition) is 1. The molecule has 0 aromatic heterocycles. The Morgan fingerprint density at radius 2 is 1.93 bits per heavy atom. The number of aryl methyl sites for hydroxylation is 1. The van der Waals surface area contributed by atoms with Crippen LogP contribution >= 0.6 is 0 Å². The van der Waals surface area contributed by atoms with Crippen LogP contribution in [0.4, 0.5) is 0 Å². The lowest BCUT2D eigenvalue weighted by atomic mass is 10.1. The minimum absolute atomic E-state index is 0.342. The van der Waals surface area contributed by atoms with Crippen molar-refractivity contribution in [1.29, 1.82) is 0 Å². The van der Waals surface area contributed by atoms with E-state index >= 15 is 0 Å². The Morgan fingerprint density at radius 1 is 1.29 bits per heavy atom. The largest absolute Gasteiger partial charge is 0.508 e. The van der Waals surface area contributed by atoms with Crippen LogP contribution in [-0.2, 0) is 6.42 Å². The maximum absolute atomic E-state index is 9.10. The molecule has 0 radical (unpaired) electrons. The number of phenolic OH excluding ortho intramolecular Hbond substituents is 1. The molecule has 0 bridgehead atoms. The molecule has 14 heavy (non-hydrogen) atoms. The van der Waals surface area contributed by atoms with Gasteiger partial charge in [-0.15, -0.1) is 0 Å². The smallest absolute Gasteiger partial charge is 0.115 e. The van der Waals surface area contributed by atoms with Gasteiger partial charge in [-0.1, -0.05) is 30.7 Å². The lowest BCUT2D eigenvalue weighted by Crippen LogP contribution is -1.83. The number of allylic oxidation sites excluding steroid dienone is 2.